The first kappa shape index (κ1) is 24.5. The summed E-state index contributed by atoms with van der Waals surface area (Å²) in [5.41, 5.74) is 0.931. The summed E-state index contributed by atoms with van der Waals surface area (Å²) in [5.74, 6) is 1.41. The maximum atomic E-state index is 14.7. The van der Waals surface area contributed by atoms with Crippen molar-refractivity contribution in [1.82, 2.24) is 0 Å². The molecule has 0 saturated heterocycles. The Hall–Kier alpha value is -3.65. The largest absolute Gasteiger partial charge is 0.206 e. The molecule has 0 bridgehead atoms. The van der Waals surface area contributed by atoms with E-state index >= 15 is 0 Å². The molecule has 4 aromatic carbocycles. The molecule has 0 saturated carbocycles. The highest BCUT2D eigenvalue weighted by molar-refractivity contribution is 5.84. The lowest BCUT2D eigenvalue weighted by atomic mass is 9.98. The van der Waals surface area contributed by atoms with Crippen LogP contribution in [0, 0.1) is 40.9 Å². The highest BCUT2D eigenvalue weighted by Crippen LogP contribution is 2.29. The van der Waals surface area contributed by atoms with Crippen molar-refractivity contribution in [3.8, 4) is 23.0 Å². The molecule has 0 spiro atoms. The molecule has 4 rings (SSSR count). The predicted molar refractivity (Wildman–Crippen MR) is 129 cm³/mol. The van der Waals surface area contributed by atoms with Crippen LogP contribution in [0.2, 0.25) is 0 Å². The third kappa shape index (κ3) is 5.71. The highest BCUT2D eigenvalue weighted by Gasteiger charge is 2.15. The van der Waals surface area contributed by atoms with Gasteiger partial charge in [0.25, 0.3) is 0 Å². The van der Waals surface area contributed by atoms with Crippen LogP contribution >= 0.6 is 0 Å². The first-order valence-corrected chi connectivity index (χ1v) is 11.5. The molecular weight excluding hydrogens is 455 g/mol. The second-order valence-corrected chi connectivity index (χ2v) is 8.52. The predicted octanol–water partition coefficient (Wildman–Crippen LogP) is 8.72. The first-order chi connectivity index (χ1) is 16.9. The third-order valence-corrected chi connectivity index (χ3v) is 5.90. The number of benzene rings is 4. The van der Waals surface area contributed by atoms with Gasteiger partial charge in [-0.2, -0.15) is 0 Å². The van der Waals surface area contributed by atoms with E-state index in [1.807, 2.05) is 0 Å². The molecule has 0 heterocycles. The molecule has 4 aromatic rings. The molecule has 0 fully saturated rings. The van der Waals surface area contributed by atoms with Crippen LogP contribution in [-0.2, 0) is 6.42 Å². The number of fused-ring (bicyclic) bond motifs is 1. The Kier molecular flexibility index (Phi) is 7.51. The second-order valence-electron chi connectivity index (χ2n) is 8.52. The van der Waals surface area contributed by atoms with Crippen LogP contribution in [-0.4, -0.2) is 0 Å². The Morgan fingerprint density at radius 2 is 1.31 bits per heavy atom. The zero-order valence-corrected chi connectivity index (χ0v) is 19.2. The molecule has 0 aliphatic heterocycles. The van der Waals surface area contributed by atoms with Crippen molar-refractivity contribution in [2.75, 3.05) is 0 Å². The van der Waals surface area contributed by atoms with E-state index in [-0.39, 0.29) is 16.7 Å². The van der Waals surface area contributed by atoms with Gasteiger partial charge in [-0.25, -0.2) is 22.0 Å². The summed E-state index contributed by atoms with van der Waals surface area (Å²) in [7, 11) is 0. The van der Waals surface area contributed by atoms with Gasteiger partial charge < -0.3 is 0 Å². The molecule has 0 aliphatic rings. The van der Waals surface area contributed by atoms with Gasteiger partial charge in [0.2, 0.25) is 0 Å². The van der Waals surface area contributed by atoms with E-state index < -0.39 is 29.1 Å². The van der Waals surface area contributed by atoms with Gasteiger partial charge in [-0.05, 0) is 83.3 Å². The molecule has 0 aliphatic carbocycles. The van der Waals surface area contributed by atoms with Gasteiger partial charge in [0.05, 0.1) is 11.1 Å². The second kappa shape index (κ2) is 10.7. The van der Waals surface area contributed by atoms with E-state index in [9.17, 15) is 22.0 Å². The van der Waals surface area contributed by atoms with Crippen LogP contribution in [0.15, 0.2) is 60.7 Å². The van der Waals surface area contributed by atoms with E-state index in [1.54, 1.807) is 18.2 Å². The lowest BCUT2D eigenvalue weighted by molar-refractivity contribution is 0.511. The maximum Gasteiger partial charge on any atom is 0.159 e. The number of unbranched alkanes of at least 4 members (excludes halogenated alkanes) is 3. The third-order valence-electron chi connectivity index (χ3n) is 5.90. The zero-order chi connectivity index (χ0) is 24.9. The lowest BCUT2D eigenvalue weighted by Gasteiger charge is -2.09. The summed E-state index contributed by atoms with van der Waals surface area (Å²) >= 11 is 0. The van der Waals surface area contributed by atoms with Crippen LogP contribution in [0.4, 0.5) is 22.0 Å². The molecule has 0 amide bonds. The molecule has 0 unspecified atom stereocenters. The Labute approximate surface area is 201 Å². The molecular formula is C30H23F5. The molecule has 5 heteroatoms. The minimum absolute atomic E-state index is 0.0486. The number of hydrogen-bond donors (Lipinski definition) is 0. The number of halogens is 5. The highest BCUT2D eigenvalue weighted by atomic mass is 19.2. The van der Waals surface area contributed by atoms with Crippen LogP contribution in [0.25, 0.3) is 21.9 Å². The molecule has 0 aromatic heterocycles. The van der Waals surface area contributed by atoms with Crippen LogP contribution in [0.3, 0.4) is 0 Å². The van der Waals surface area contributed by atoms with E-state index in [0.29, 0.717) is 28.3 Å². The van der Waals surface area contributed by atoms with Gasteiger partial charge in [-0.15, -0.1) is 0 Å². The fourth-order valence-electron chi connectivity index (χ4n) is 4.03. The molecule has 0 atom stereocenters. The van der Waals surface area contributed by atoms with Crippen LogP contribution in [0.5, 0.6) is 0 Å². The monoisotopic (exact) mass is 478 g/mol. The maximum absolute atomic E-state index is 14.7. The molecule has 0 N–H and O–H groups in total. The van der Waals surface area contributed by atoms with Crippen molar-refractivity contribution in [3.63, 3.8) is 0 Å². The Balaban J connectivity index is 1.57. The van der Waals surface area contributed by atoms with Crippen LogP contribution < -0.4 is 0 Å². The first-order valence-electron chi connectivity index (χ1n) is 11.5. The van der Waals surface area contributed by atoms with E-state index in [4.69, 9.17) is 0 Å². The van der Waals surface area contributed by atoms with E-state index in [1.165, 1.54) is 24.3 Å². The average Bonchev–Trinajstić information content (AvgIpc) is 2.82. The van der Waals surface area contributed by atoms with Gasteiger partial charge in [0, 0.05) is 5.56 Å². The summed E-state index contributed by atoms with van der Waals surface area (Å²) in [4.78, 5) is 0. The molecule has 0 radical (unpaired) electrons. The van der Waals surface area contributed by atoms with Crippen molar-refractivity contribution < 1.29 is 22.0 Å². The minimum Gasteiger partial charge on any atom is -0.206 e. The SMILES string of the molecule is CCCCCCc1cc(F)c(-c2ccc(C#Cc3ccc4cc(F)c(F)cc4c3)c(F)c2)c(F)c1. The lowest BCUT2D eigenvalue weighted by Crippen LogP contribution is -1.96. The number of rotatable bonds is 6. The van der Waals surface area contributed by atoms with Crippen LogP contribution in [0.1, 0.15) is 49.3 Å². The van der Waals surface area contributed by atoms with E-state index in [0.717, 1.165) is 43.9 Å². The summed E-state index contributed by atoms with van der Waals surface area (Å²) in [5, 5.41) is 0.979. The van der Waals surface area contributed by atoms with Crippen molar-refractivity contribution in [2.45, 2.75) is 39.0 Å². The summed E-state index contributed by atoms with van der Waals surface area (Å²) in [6.07, 6.45) is 4.61. The van der Waals surface area contributed by atoms with Gasteiger partial charge in [-0.3, -0.25) is 0 Å². The minimum atomic E-state index is -0.965. The zero-order valence-electron chi connectivity index (χ0n) is 19.2. The summed E-state index contributed by atoms with van der Waals surface area (Å²) in [6.45, 7) is 2.10. The van der Waals surface area contributed by atoms with Gasteiger partial charge in [0.15, 0.2) is 11.6 Å². The normalized spacial score (nSPS) is 10.9. The average molecular weight is 479 g/mol. The summed E-state index contributed by atoms with van der Waals surface area (Å²) < 4.78 is 71.0. The van der Waals surface area contributed by atoms with Crippen molar-refractivity contribution in [1.29, 1.82) is 0 Å². The van der Waals surface area contributed by atoms with E-state index in [2.05, 4.69) is 18.8 Å². The number of aryl methyl sites for hydroxylation is 1. The summed E-state index contributed by atoms with van der Waals surface area (Å²) in [6, 6.07) is 13.4. The molecule has 35 heavy (non-hydrogen) atoms. The Morgan fingerprint density at radius 3 is 2.00 bits per heavy atom. The molecule has 0 nitrogen and oxygen atoms in total. The Morgan fingerprint density at radius 1 is 0.600 bits per heavy atom. The van der Waals surface area contributed by atoms with Crippen molar-refractivity contribution in [2.24, 2.45) is 0 Å². The van der Waals surface area contributed by atoms with Crippen molar-refractivity contribution in [3.05, 3.63) is 106 Å². The number of hydrogen-bond acceptors (Lipinski definition) is 0. The van der Waals surface area contributed by atoms with Gasteiger partial charge in [-0.1, -0.05) is 50.2 Å². The quantitative estimate of drug-likeness (QED) is 0.148. The standard InChI is InChI=1S/C30H23F5/c1-2-3-4-5-6-20-14-28(34)30(29(35)15-20)23-12-11-21(25(31)17-23)9-7-19-8-10-22-16-26(32)27(33)18-24(22)13-19/h8,10-18H,2-6H2,1H3. The fraction of sp³-hybridized carbons (Fsp3) is 0.200. The smallest absolute Gasteiger partial charge is 0.159 e. The topological polar surface area (TPSA) is 0 Å². The fourth-order valence-corrected chi connectivity index (χ4v) is 4.03. The molecule has 178 valence electrons. The van der Waals surface area contributed by atoms with Gasteiger partial charge >= 0.3 is 0 Å². The van der Waals surface area contributed by atoms with Crippen molar-refractivity contribution >= 4 is 10.8 Å². The Bertz CT molecular complexity index is 1420. The van der Waals surface area contributed by atoms with Gasteiger partial charge in [0.1, 0.15) is 17.5 Å².